The molecule has 6 heteroatoms. The van der Waals surface area contributed by atoms with Gasteiger partial charge < -0.3 is 9.88 Å². The largest absolute Gasteiger partial charge is 0.369 e. The molecule has 1 atom stereocenters. The van der Waals surface area contributed by atoms with Gasteiger partial charge in [-0.15, -0.1) is 0 Å². The molecule has 0 spiro atoms. The zero-order valence-electron chi connectivity index (χ0n) is 17.6. The van der Waals surface area contributed by atoms with E-state index in [-0.39, 0.29) is 5.56 Å². The van der Waals surface area contributed by atoms with Crippen LogP contribution in [0.4, 0.5) is 5.69 Å². The first-order valence-electron chi connectivity index (χ1n) is 10.8. The number of H-pyrrole nitrogens is 1. The lowest BCUT2D eigenvalue weighted by molar-refractivity contribution is 0.214. The Hall–Kier alpha value is -3.43. The number of pyridine rings is 2. The highest BCUT2D eigenvalue weighted by Crippen LogP contribution is 2.31. The van der Waals surface area contributed by atoms with Gasteiger partial charge in [0.1, 0.15) is 0 Å². The van der Waals surface area contributed by atoms with E-state index >= 15 is 0 Å². The molecule has 156 valence electrons. The number of nitriles is 1. The maximum atomic E-state index is 12.5. The molecule has 0 saturated carbocycles. The van der Waals surface area contributed by atoms with E-state index in [0.29, 0.717) is 17.0 Å². The Morgan fingerprint density at radius 2 is 1.87 bits per heavy atom. The molecular formula is C25H25N5O. The molecule has 3 heterocycles. The Kier molecular flexibility index (Phi) is 5.05. The molecule has 1 aromatic carbocycles. The molecule has 3 aromatic rings. The van der Waals surface area contributed by atoms with Gasteiger partial charge >= 0.3 is 0 Å². The molecule has 0 amide bonds. The standard InChI is InChI=1S/C25H25N5O/c1-17-2-9-22-24(27-17)15-23(28-25(22)31)19-5-8-21(14-19)30-12-10-29(11-13-30)20-6-3-18(16-26)4-7-20/h2-4,6-7,9,14-15,21H,5,8,10-13H2,1H3,(H,28,31)/t21-/m1/s1. The molecule has 1 aliphatic heterocycles. The summed E-state index contributed by atoms with van der Waals surface area (Å²) in [4.78, 5) is 25.0. The number of benzene rings is 1. The number of anilines is 1. The summed E-state index contributed by atoms with van der Waals surface area (Å²) in [6, 6.07) is 16.2. The van der Waals surface area contributed by atoms with Gasteiger partial charge in [0.05, 0.1) is 22.5 Å². The van der Waals surface area contributed by atoms with Gasteiger partial charge in [-0.2, -0.15) is 5.26 Å². The number of aryl methyl sites for hydroxylation is 1. The van der Waals surface area contributed by atoms with E-state index in [1.165, 1.54) is 11.3 Å². The number of piperazine rings is 1. The fourth-order valence-corrected chi connectivity index (χ4v) is 4.69. The maximum Gasteiger partial charge on any atom is 0.257 e. The van der Waals surface area contributed by atoms with Crippen LogP contribution in [-0.4, -0.2) is 47.1 Å². The van der Waals surface area contributed by atoms with Crippen molar-refractivity contribution in [1.82, 2.24) is 14.9 Å². The van der Waals surface area contributed by atoms with Crippen LogP contribution in [0.5, 0.6) is 0 Å². The number of allylic oxidation sites excluding steroid dienone is 1. The number of nitrogens with one attached hydrogen (secondary N) is 1. The number of nitrogens with zero attached hydrogens (tertiary/aromatic N) is 4. The second-order valence-corrected chi connectivity index (χ2v) is 8.38. The van der Waals surface area contributed by atoms with Crippen molar-refractivity contribution in [1.29, 1.82) is 5.26 Å². The first-order valence-corrected chi connectivity index (χ1v) is 10.8. The van der Waals surface area contributed by atoms with Crippen LogP contribution in [0.2, 0.25) is 0 Å². The normalized spacial score (nSPS) is 19.4. The minimum Gasteiger partial charge on any atom is -0.369 e. The highest BCUT2D eigenvalue weighted by Gasteiger charge is 2.27. The third-order valence-electron chi connectivity index (χ3n) is 6.43. The molecule has 1 saturated heterocycles. The molecule has 1 aliphatic carbocycles. The zero-order valence-corrected chi connectivity index (χ0v) is 17.6. The number of aromatic nitrogens is 2. The molecule has 6 nitrogen and oxygen atoms in total. The predicted molar refractivity (Wildman–Crippen MR) is 123 cm³/mol. The summed E-state index contributed by atoms with van der Waals surface area (Å²) in [5.74, 6) is 0. The van der Waals surface area contributed by atoms with Crippen molar-refractivity contribution < 1.29 is 0 Å². The van der Waals surface area contributed by atoms with Gasteiger partial charge in [-0.3, -0.25) is 14.7 Å². The van der Waals surface area contributed by atoms with E-state index in [1.54, 1.807) is 0 Å². The van der Waals surface area contributed by atoms with Gasteiger partial charge in [0.2, 0.25) is 0 Å². The molecule has 5 rings (SSSR count). The number of hydrogen-bond donors (Lipinski definition) is 1. The summed E-state index contributed by atoms with van der Waals surface area (Å²) in [5, 5.41) is 9.62. The van der Waals surface area contributed by atoms with Crippen molar-refractivity contribution in [3.8, 4) is 6.07 Å². The fraction of sp³-hybridized carbons (Fsp3) is 0.320. The van der Waals surface area contributed by atoms with Gasteiger partial charge in [-0.25, -0.2) is 0 Å². The first-order chi connectivity index (χ1) is 15.1. The predicted octanol–water partition coefficient (Wildman–Crippen LogP) is 3.47. The van der Waals surface area contributed by atoms with Crippen LogP contribution in [0.3, 0.4) is 0 Å². The summed E-state index contributed by atoms with van der Waals surface area (Å²) in [6.45, 7) is 5.90. The van der Waals surface area contributed by atoms with Crippen molar-refractivity contribution in [3.05, 3.63) is 75.8 Å². The lowest BCUT2D eigenvalue weighted by Crippen LogP contribution is -2.49. The van der Waals surface area contributed by atoms with Gasteiger partial charge in [-0.1, -0.05) is 6.08 Å². The van der Waals surface area contributed by atoms with Gasteiger partial charge in [0.25, 0.3) is 5.56 Å². The van der Waals surface area contributed by atoms with E-state index in [2.05, 4.69) is 31.9 Å². The second-order valence-electron chi connectivity index (χ2n) is 8.38. The molecular weight excluding hydrogens is 386 g/mol. The van der Waals surface area contributed by atoms with Crippen LogP contribution in [0.1, 0.15) is 29.8 Å². The molecule has 2 aromatic heterocycles. The average molecular weight is 412 g/mol. The monoisotopic (exact) mass is 411 g/mol. The Balaban J connectivity index is 1.29. The van der Waals surface area contributed by atoms with Crippen LogP contribution in [0.25, 0.3) is 16.5 Å². The molecule has 1 N–H and O–H groups in total. The van der Waals surface area contributed by atoms with Crippen LogP contribution < -0.4 is 10.5 Å². The number of fused-ring (bicyclic) bond motifs is 1. The van der Waals surface area contributed by atoms with Gasteiger partial charge in [-0.05, 0) is 67.8 Å². The van der Waals surface area contributed by atoms with Gasteiger partial charge in [0.15, 0.2) is 0 Å². The lowest BCUT2D eigenvalue weighted by atomic mass is 10.1. The minimum absolute atomic E-state index is 0.0691. The Labute approximate surface area is 181 Å². The average Bonchev–Trinajstić information content (AvgIpc) is 3.29. The van der Waals surface area contributed by atoms with Crippen molar-refractivity contribution in [2.45, 2.75) is 25.8 Å². The Morgan fingerprint density at radius 1 is 1.10 bits per heavy atom. The van der Waals surface area contributed by atoms with Crippen LogP contribution in [-0.2, 0) is 0 Å². The van der Waals surface area contributed by atoms with Crippen molar-refractivity contribution in [2.24, 2.45) is 0 Å². The third-order valence-corrected chi connectivity index (χ3v) is 6.43. The molecule has 1 fully saturated rings. The maximum absolute atomic E-state index is 12.5. The lowest BCUT2D eigenvalue weighted by Gasteiger charge is -2.38. The van der Waals surface area contributed by atoms with Crippen molar-refractivity contribution >= 4 is 22.2 Å². The highest BCUT2D eigenvalue weighted by atomic mass is 16.1. The summed E-state index contributed by atoms with van der Waals surface area (Å²) >= 11 is 0. The topological polar surface area (TPSA) is 76.0 Å². The Bertz CT molecular complexity index is 1240. The van der Waals surface area contributed by atoms with E-state index in [4.69, 9.17) is 5.26 Å². The van der Waals surface area contributed by atoms with E-state index < -0.39 is 0 Å². The Morgan fingerprint density at radius 3 is 2.61 bits per heavy atom. The first kappa shape index (κ1) is 19.5. The van der Waals surface area contributed by atoms with Crippen LogP contribution >= 0.6 is 0 Å². The quantitative estimate of drug-likeness (QED) is 0.714. The van der Waals surface area contributed by atoms with Crippen molar-refractivity contribution in [2.75, 3.05) is 31.1 Å². The summed E-state index contributed by atoms with van der Waals surface area (Å²) < 4.78 is 0. The van der Waals surface area contributed by atoms with Crippen LogP contribution in [0.15, 0.2) is 53.3 Å². The molecule has 0 radical (unpaired) electrons. The SMILES string of the molecule is Cc1ccc2c(=O)[nH]c(C3=C[C@H](N4CCN(c5ccc(C#N)cc5)CC4)CC3)cc2n1. The van der Waals surface area contributed by atoms with Gasteiger partial charge in [0, 0.05) is 49.3 Å². The summed E-state index contributed by atoms with van der Waals surface area (Å²) in [7, 11) is 0. The van der Waals surface area contributed by atoms with E-state index in [1.807, 2.05) is 49.4 Å². The summed E-state index contributed by atoms with van der Waals surface area (Å²) in [5.41, 5.74) is 5.60. The number of rotatable bonds is 3. The number of hydrogen-bond acceptors (Lipinski definition) is 5. The fourth-order valence-electron chi connectivity index (χ4n) is 4.69. The zero-order chi connectivity index (χ0) is 21.4. The minimum atomic E-state index is -0.0691. The van der Waals surface area contributed by atoms with E-state index in [0.717, 1.165) is 55.9 Å². The molecule has 31 heavy (non-hydrogen) atoms. The van der Waals surface area contributed by atoms with E-state index in [9.17, 15) is 4.79 Å². The highest BCUT2D eigenvalue weighted by molar-refractivity contribution is 5.81. The second kappa shape index (κ2) is 8.01. The van der Waals surface area contributed by atoms with Crippen molar-refractivity contribution in [3.63, 3.8) is 0 Å². The smallest absolute Gasteiger partial charge is 0.257 e. The summed E-state index contributed by atoms with van der Waals surface area (Å²) in [6.07, 6.45) is 4.37. The van der Waals surface area contributed by atoms with Crippen LogP contribution in [0, 0.1) is 18.3 Å². The third kappa shape index (κ3) is 3.85. The molecule has 0 bridgehead atoms. The molecule has 2 aliphatic rings. The number of aromatic amines is 1. The molecule has 0 unspecified atom stereocenters.